The third-order valence-electron chi connectivity index (χ3n) is 1.67. The smallest absolute Gasteiger partial charge is 0.221 e. The van der Waals surface area contributed by atoms with Crippen LogP contribution >= 0.6 is 11.6 Å². The molecular formula is C8H3ClF3N3. The molecule has 1 aromatic heterocycles. The van der Waals surface area contributed by atoms with Gasteiger partial charge in [0.2, 0.25) is 0 Å². The molecule has 0 atom stereocenters. The lowest BCUT2D eigenvalue weighted by Gasteiger charge is -2.04. The highest BCUT2D eigenvalue weighted by molar-refractivity contribution is 6.31. The van der Waals surface area contributed by atoms with E-state index < -0.39 is 12.0 Å². The Balaban J connectivity index is 2.64. The van der Waals surface area contributed by atoms with Gasteiger partial charge in [-0.3, -0.25) is 0 Å². The topological polar surface area (TPSA) is 38.7 Å². The van der Waals surface area contributed by atoms with Crippen molar-refractivity contribution in [2.75, 3.05) is 0 Å². The molecule has 3 nitrogen and oxygen atoms in total. The Morgan fingerprint density at radius 1 is 1.07 bits per heavy atom. The van der Waals surface area contributed by atoms with Gasteiger partial charge in [-0.25, -0.2) is 4.98 Å². The van der Waals surface area contributed by atoms with Crippen molar-refractivity contribution in [3.8, 4) is 0 Å². The molecule has 0 spiro atoms. The standard InChI is InChI=1S/C8H3ClF3N3/c9-4-1-2-5-6(3-4)13-7(15-14-5)8(10,11)12/h1-3H. The summed E-state index contributed by atoms with van der Waals surface area (Å²) in [5.74, 6) is -1.27. The number of fused-ring (bicyclic) bond motifs is 1. The van der Waals surface area contributed by atoms with Gasteiger partial charge in [0.1, 0.15) is 5.52 Å². The van der Waals surface area contributed by atoms with Crippen molar-refractivity contribution in [3.63, 3.8) is 0 Å². The normalized spacial score (nSPS) is 12.0. The van der Waals surface area contributed by atoms with Gasteiger partial charge in [-0.15, -0.1) is 10.2 Å². The molecule has 0 amide bonds. The zero-order valence-electron chi connectivity index (χ0n) is 7.09. The number of alkyl halides is 3. The minimum Gasteiger partial charge on any atom is -0.221 e. The number of benzene rings is 1. The molecule has 1 aromatic carbocycles. The molecule has 0 aliphatic heterocycles. The number of hydrogen-bond acceptors (Lipinski definition) is 3. The number of rotatable bonds is 0. The van der Waals surface area contributed by atoms with E-state index in [-0.39, 0.29) is 11.0 Å². The van der Waals surface area contributed by atoms with Crippen LogP contribution in [0.4, 0.5) is 13.2 Å². The minimum atomic E-state index is -4.59. The van der Waals surface area contributed by atoms with Gasteiger partial charge in [-0.1, -0.05) is 11.6 Å². The summed E-state index contributed by atoms with van der Waals surface area (Å²) in [5, 5.41) is 6.68. The van der Waals surface area contributed by atoms with Crippen molar-refractivity contribution in [1.29, 1.82) is 0 Å². The molecule has 0 radical (unpaired) electrons. The van der Waals surface area contributed by atoms with Crippen molar-refractivity contribution >= 4 is 22.6 Å². The van der Waals surface area contributed by atoms with E-state index in [0.29, 0.717) is 5.02 Å². The van der Waals surface area contributed by atoms with Gasteiger partial charge < -0.3 is 0 Å². The molecule has 0 bridgehead atoms. The summed E-state index contributed by atoms with van der Waals surface area (Å²) in [7, 11) is 0. The fourth-order valence-electron chi connectivity index (χ4n) is 1.03. The van der Waals surface area contributed by atoms with E-state index in [2.05, 4.69) is 15.2 Å². The Bertz CT molecular complexity index is 512. The first-order valence-corrected chi connectivity index (χ1v) is 4.22. The average molecular weight is 234 g/mol. The molecule has 2 rings (SSSR count). The molecule has 78 valence electrons. The largest absolute Gasteiger partial charge is 0.453 e. The summed E-state index contributed by atoms with van der Waals surface area (Å²) in [6, 6.07) is 4.27. The second-order valence-corrected chi connectivity index (χ2v) is 3.20. The molecule has 1 heterocycles. The Labute approximate surface area is 86.9 Å². The Kier molecular flexibility index (Phi) is 2.22. The minimum absolute atomic E-state index is 0.0739. The van der Waals surface area contributed by atoms with Crippen molar-refractivity contribution in [2.24, 2.45) is 0 Å². The zero-order chi connectivity index (χ0) is 11.1. The molecule has 0 saturated heterocycles. The summed E-state index contributed by atoms with van der Waals surface area (Å²) in [6.45, 7) is 0. The summed E-state index contributed by atoms with van der Waals surface area (Å²) >= 11 is 5.62. The van der Waals surface area contributed by atoms with E-state index >= 15 is 0 Å². The summed E-state index contributed by atoms with van der Waals surface area (Å²) < 4.78 is 36.7. The van der Waals surface area contributed by atoms with Crippen LogP contribution in [0.1, 0.15) is 5.82 Å². The molecular weight excluding hydrogens is 231 g/mol. The Hall–Kier alpha value is -1.43. The van der Waals surface area contributed by atoms with Gasteiger partial charge >= 0.3 is 6.18 Å². The van der Waals surface area contributed by atoms with Crippen molar-refractivity contribution in [2.45, 2.75) is 6.18 Å². The molecule has 0 saturated carbocycles. The van der Waals surface area contributed by atoms with Crippen LogP contribution in [0, 0.1) is 0 Å². The fourth-order valence-corrected chi connectivity index (χ4v) is 1.19. The van der Waals surface area contributed by atoms with E-state index in [1.54, 1.807) is 0 Å². The first-order chi connectivity index (χ1) is 6.97. The lowest BCUT2D eigenvalue weighted by atomic mass is 10.3. The van der Waals surface area contributed by atoms with Gasteiger partial charge in [-0.05, 0) is 18.2 Å². The second-order valence-electron chi connectivity index (χ2n) is 2.77. The SMILES string of the molecule is FC(F)(F)c1nnc2ccc(Cl)cc2n1. The van der Waals surface area contributed by atoms with Gasteiger partial charge in [0.25, 0.3) is 5.82 Å². The van der Waals surface area contributed by atoms with E-state index in [4.69, 9.17) is 11.6 Å². The third-order valence-corrected chi connectivity index (χ3v) is 1.90. The van der Waals surface area contributed by atoms with Crippen LogP contribution in [0.25, 0.3) is 11.0 Å². The third kappa shape index (κ3) is 1.99. The number of halogens is 4. The predicted molar refractivity (Wildman–Crippen MR) is 47.3 cm³/mol. The number of hydrogen-bond donors (Lipinski definition) is 0. The monoisotopic (exact) mass is 233 g/mol. The summed E-state index contributed by atoms with van der Waals surface area (Å²) in [4.78, 5) is 3.32. The van der Waals surface area contributed by atoms with Gasteiger partial charge in [-0.2, -0.15) is 13.2 Å². The highest BCUT2D eigenvalue weighted by Gasteiger charge is 2.35. The highest BCUT2D eigenvalue weighted by atomic mass is 35.5. The van der Waals surface area contributed by atoms with Gasteiger partial charge in [0, 0.05) is 5.02 Å². The van der Waals surface area contributed by atoms with Crippen LogP contribution in [-0.4, -0.2) is 15.2 Å². The summed E-state index contributed by atoms with van der Waals surface area (Å²) in [5.41, 5.74) is 0.345. The Morgan fingerprint density at radius 2 is 1.80 bits per heavy atom. The second kappa shape index (κ2) is 3.30. The zero-order valence-corrected chi connectivity index (χ0v) is 7.84. The van der Waals surface area contributed by atoms with Crippen molar-refractivity contribution in [1.82, 2.24) is 15.2 Å². The van der Waals surface area contributed by atoms with Crippen molar-refractivity contribution < 1.29 is 13.2 Å². The molecule has 0 N–H and O–H groups in total. The predicted octanol–water partition coefficient (Wildman–Crippen LogP) is 2.70. The molecule has 2 aromatic rings. The van der Waals surface area contributed by atoms with Crippen LogP contribution in [-0.2, 0) is 6.18 Å². The molecule has 0 aliphatic rings. The molecule has 0 aliphatic carbocycles. The van der Waals surface area contributed by atoms with Gasteiger partial charge in [0.05, 0.1) is 5.52 Å². The highest BCUT2D eigenvalue weighted by Crippen LogP contribution is 2.26. The first kappa shape index (κ1) is 10.1. The van der Waals surface area contributed by atoms with Gasteiger partial charge in [0.15, 0.2) is 0 Å². The Morgan fingerprint density at radius 3 is 2.47 bits per heavy atom. The maximum Gasteiger partial charge on any atom is 0.453 e. The molecule has 15 heavy (non-hydrogen) atoms. The maximum absolute atomic E-state index is 12.2. The van der Waals surface area contributed by atoms with Crippen LogP contribution in [0.5, 0.6) is 0 Å². The van der Waals surface area contributed by atoms with Crippen LogP contribution < -0.4 is 0 Å². The quantitative estimate of drug-likeness (QED) is 0.702. The lowest BCUT2D eigenvalue weighted by molar-refractivity contribution is -0.145. The average Bonchev–Trinajstić information content (AvgIpc) is 2.15. The van der Waals surface area contributed by atoms with Crippen LogP contribution in [0.15, 0.2) is 18.2 Å². The summed E-state index contributed by atoms with van der Waals surface area (Å²) in [6.07, 6.45) is -4.59. The number of aromatic nitrogens is 3. The lowest BCUT2D eigenvalue weighted by Crippen LogP contribution is -2.12. The molecule has 7 heteroatoms. The van der Waals surface area contributed by atoms with Crippen LogP contribution in [0.3, 0.4) is 0 Å². The van der Waals surface area contributed by atoms with Crippen LogP contribution in [0.2, 0.25) is 5.02 Å². The molecule has 0 fully saturated rings. The van der Waals surface area contributed by atoms with E-state index in [1.807, 2.05) is 0 Å². The number of nitrogens with zero attached hydrogens (tertiary/aromatic N) is 3. The molecule has 0 unspecified atom stereocenters. The fraction of sp³-hybridized carbons (Fsp3) is 0.125. The maximum atomic E-state index is 12.2. The first-order valence-electron chi connectivity index (χ1n) is 3.84. The van der Waals surface area contributed by atoms with E-state index in [1.165, 1.54) is 18.2 Å². The van der Waals surface area contributed by atoms with Crippen molar-refractivity contribution in [3.05, 3.63) is 29.0 Å². The van der Waals surface area contributed by atoms with E-state index in [0.717, 1.165) is 0 Å². The van der Waals surface area contributed by atoms with E-state index in [9.17, 15) is 13.2 Å².